The van der Waals surface area contributed by atoms with Gasteiger partial charge in [0.1, 0.15) is 0 Å². The molecule has 2 aromatic rings. The molecule has 0 aliphatic heterocycles. The lowest BCUT2D eigenvalue weighted by Crippen LogP contribution is -1.98. The molecule has 21 heavy (non-hydrogen) atoms. The Bertz CT molecular complexity index is 651. The van der Waals surface area contributed by atoms with Gasteiger partial charge >= 0.3 is 0 Å². The molecule has 0 amide bonds. The molecular formula is C17H14N2S2. The molecule has 0 spiro atoms. The highest BCUT2D eigenvalue weighted by molar-refractivity contribution is 7.78. The van der Waals surface area contributed by atoms with Crippen LogP contribution in [-0.4, -0.2) is 10.3 Å². The molecule has 4 heteroatoms. The fourth-order valence-corrected chi connectivity index (χ4v) is 2.34. The maximum absolute atomic E-state index is 4.65. The minimum Gasteiger partial charge on any atom is -0.228 e. The zero-order chi connectivity index (χ0) is 14.9. The molecular weight excluding hydrogens is 296 g/mol. The minimum absolute atomic E-state index is 0.569. The van der Waals surface area contributed by atoms with Gasteiger partial charge in [-0.05, 0) is 53.1 Å². The molecule has 0 fully saturated rings. The molecule has 2 aromatic carbocycles. The lowest BCUT2D eigenvalue weighted by atomic mass is 9.96. The van der Waals surface area contributed by atoms with Gasteiger partial charge < -0.3 is 0 Å². The largest absolute Gasteiger partial charge is 0.228 e. The van der Waals surface area contributed by atoms with Crippen molar-refractivity contribution in [1.82, 2.24) is 0 Å². The summed E-state index contributed by atoms with van der Waals surface area (Å²) in [6, 6.07) is 16.5. The van der Waals surface area contributed by atoms with E-state index in [1.807, 2.05) is 24.3 Å². The summed E-state index contributed by atoms with van der Waals surface area (Å²) in [5.41, 5.74) is 4.82. The molecule has 2 nitrogen and oxygen atoms in total. The predicted octanol–water partition coefficient (Wildman–Crippen LogP) is 4.48. The smallest absolute Gasteiger partial charge is 0.0746 e. The average Bonchev–Trinajstić information content (AvgIpc) is 2.53. The van der Waals surface area contributed by atoms with Gasteiger partial charge in [-0.25, -0.2) is 9.98 Å². The standard InChI is InChI=1S/C17H14N2S2/c20-12-18-10-16-7-3-1-5-14(16)9-15-6-2-4-8-17(15)11-19-13-21/h1-8H,9-11H2. The molecule has 2 rings (SSSR count). The third-order valence-electron chi connectivity index (χ3n) is 3.25. The summed E-state index contributed by atoms with van der Waals surface area (Å²) in [7, 11) is 0. The van der Waals surface area contributed by atoms with Crippen LogP contribution in [0, 0.1) is 0 Å². The Morgan fingerprint density at radius 2 is 1.05 bits per heavy atom. The van der Waals surface area contributed by atoms with E-state index in [4.69, 9.17) is 0 Å². The fraction of sp³-hybridized carbons (Fsp3) is 0.176. The monoisotopic (exact) mass is 310 g/mol. The molecule has 0 aliphatic carbocycles. The maximum Gasteiger partial charge on any atom is 0.0746 e. The van der Waals surface area contributed by atoms with E-state index < -0.39 is 0 Å². The highest BCUT2D eigenvalue weighted by atomic mass is 32.1. The summed E-state index contributed by atoms with van der Waals surface area (Å²) in [6.45, 7) is 1.14. The van der Waals surface area contributed by atoms with Gasteiger partial charge in [0.25, 0.3) is 0 Å². The van der Waals surface area contributed by atoms with Gasteiger partial charge in [-0.1, -0.05) is 48.5 Å². The Labute approximate surface area is 135 Å². The molecule has 0 saturated heterocycles. The van der Waals surface area contributed by atoms with E-state index in [1.165, 1.54) is 22.3 Å². The molecule has 0 saturated carbocycles. The van der Waals surface area contributed by atoms with Crippen LogP contribution in [0.4, 0.5) is 0 Å². The van der Waals surface area contributed by atoms with Crippen LogP contribution in [0.3, 0.4) is 0 Å². The van der Waals surface area contributed by atoms with Crippen LogP contribution in [0.1, 0.15) is 22.3 Å². The highest BCUT2D eigenvalue weighted by Gasteiger charge is 2.06. The van der Waals surface area contributed by atoms with Gasteiger partial charge in [-0.15, -0.1) is 0 Å². The summed E-state index contributed by atoms with van der Waals surface area (Å²) in [4.78, 5) is 8.08. The van der Waals surface area contributed by atoms with Gasteiger partial charge in [0.05, 0.1) is 23.4 Å². The second-order valence-corrected chi connectivity index (χ2v) is 4.89. The number of aliphatic imine (C=N–C) groups is 2. The Kier molecular flexibility index (Phi) is 6.14. The third-order valence-corrected chi connectivity index (χ3v) is 3.50. The number of rotatable bonds is 6. The molecule has 0 bridgehead atoms. The summed E-state index contributed by atoms with van der Waals surface area (Å²) in [5.74, 6) is 0. The Hall–Kier alpha value is -1.96. The topological polar surface area (TPSA) is 24.7 Å². The zero-order valence-electron chi connectivity index (χ0n) is 11.5. The van der Waals surface area contributed by atoms with Crippen LogP contribution in [-0.2, 0) is 19.5 Å². The Balaban J connectivity index is 2.30. The SMILES string of the molecule is S=C=NCc1ccccc1Cc1ccccc1CN=C=S. The van der Waals surface area contributed by atoms with E-state index >= 15 is 0 Å². The molecule has 0 N–H and O–H groups in total. The van der Waals surface area contributed by atoms with Crippen molar-refractivity contribution in [2.45, 2.75) is 19.5 Å². The molecule has 0 aromatic heterocycles. The summed E-state index contributed by atoms with van der Waals surface area (Å²) < 4.78 is 0. The van der Waals surface area contributed by atoms with E-state index in [-0.39, 0.29) is 0 Å². The van der Waals surface area contributed by atoms with Crippen molar-refractivity contribution >= 4 is 34.8 Å². The number of benzene rings is 2. The predicted molar refractivity (Wildman–Crippen MR) is 93.2 cm³/mol. The molecule has 0 aliphatic rings. The summed E-state index contributed by atoms with van der Waals surface area (Å²) >= 11 is 9.29. The quantitative estimate of drug-likeness (QED) is 0.580. The molecule has 0 heterocycles. The van der Waals surface area contributed by atoms with Crippen molar-refractivity contribution in [1.29, 1.82) is 0 Å². The van der Waals surface area contributed by atoms with Crippen LogP contribution in [0.2, 0.25) is 0 Å². The van der Waals surface area contributed by atoms with Gasteiger partial charge in [0.2, 0.25) is 0 Å². The van der Waals surface area contributed by atoms with Crippen molar-refractivity contribution in [3.63, 3.8) is 0 Å². The number of thiocarbonyl (C=S) groups is 2. The highest BCUT2D eigenvalue weighted by Crippen LogP contribution is 2.19. The fourth-order valence-electron chi connectivity index (χ4n) is 2.21. The van der Waals surface area contributed by atoms with E-state index in [1.54, 1.807) is 0 Å². The number of isothiocyanates is 2. The van der Waals surface area contributed by atoms with Gasteiger partial charge in [-0.2, -0.15) is 0 Å². The Morgan fingerprint density at radius 3 is 1.43 bits per heavy atom. The Morgan fingerprint density at radius 1 is 0.667 bits per heavy atom. The zero-order valence-corrected chi connectivity index (χ0v) is 13.1. The van der Waals surface area contributed by atoms with Crippen molar-refractivity contribution in [3.05, 3.63) is 70.8 Å². The third kappa shape index (κ3) is 4.52. The van der Waals surface area contributed by atoms with E-state index in [0.29, 0.717) is 13.1 Å². The van der Waals surface area contributed by atoms with Gasteiger partial charge in [-0.3, -0.25) is 0 Å². The molecule has 0 atom stereocenters. The van der Waals surface area contributed by atoms with Crippen LogP contribution < -0.4 is 0 Å². The van der Waals surface area contributed by atoms with Crippen molar-refractivity contribution < 1.29 is 0 Å². The first-order valence-corrected chi connectivity index (χ1v) is 7.37. The first-order chi connectivity index (χ1) is 10.3. The van der Waals surface area contributed by atoms with E-state index in [0.717, 1.165) is 6.42 Å². The molecule has 0 radical (unpaired) electrons. The van der Waals surface area contributed by atoms with Crippen LogP contribution in [0.15, 0.2) is 58.5 Å². The van der Waals surface area contributed by atoms with Gasteiger partial charge in [0, 0.05) is 0 Å². The normalized spacial score (nSPS) is 9.52. The van der Waals surface area contributed by atoms with E-state index in [9.17, 15) is 0 Å². The first-order valence-electron chi connectivity index (χ1n) is 6.56. The number of nitrogens with zero attached hydrogens (tertiary/aromatic N) is 2. The van der Waals surface area contributed by atoms with Crippen molar-refractivity contribution in [3.8, 4) is 0 Å². The second-order valence-electron chi connectivity index (χ2n) is 4.53. The van der Waals surface area contributed by atoms with Crippen LogP contribution in [0.25, 0.3) is 0 Å². The average molecular weight is 310 g/mol. The summed E-state index contributed by atoms with van der Waals surface area (Å²) in [6.07, 6.45) is 0.840. The molecule has 0 unspecified atom stereocenters. The first kappa shape index (κ1) is 15.4. The number of hydrogen-bond acceptors (Lipinski definition) is 4. The lowest BCUT2D eigenvalue weighted by molar-refractivity contribution is 0.994. The maximum atomic E-state index is 4.65. The summed E-state index contributed by atoms with van der Waals surface area (Å²) in [5, 5.41) is 4.84. The van der Waals surface area contributed by atoms with Crippen molar-refractivity contribution in [2.75, 3.05) is 0 Å². The minimum atomic E-state index is 0.569. The van der Waals surface area contributed by atoms with Crippen molar-refractivity contribution in [2.24, 2.45) is 9.98 Å². The second kappa shape index (κ2) is 8.35. The number of hydrogen-bond donors (Lipinski definition) is 0. The van der Waals surface area contributed by atoms with E-state index in [2.05, 4.69) is 69.0 Å². The van der Waals surface area contributed by atoms with Crippen LogP contribution in [0.5, 0.6) is 0 Å². The lowest BCUT2D eigenvalue weighted by Gasteiger charge is -2.10. The molecule has 104 valence electrons. The van der Waals surface area contributed by atoms with Crippen LogP contribution >= 0.6 is 24.4 Å². The van der Waals surface area contributed by atoms with Gasteiger partial charge in [0.15, 0.2) is 0 Å².